The maximum atomic E-state index is 6.88. The van der Waals surface area contributed by atoms with Crippen molar-refractivity contribution in [2.24, 2.45) is 0 Å². The lowest BCUT2D eigenvalue weighted by atomic mass is 9.33. The van der Waals surface area contributed by atoms with Crippen molar-refractivity contribution in [3.63, 3.8) is 0 Å². The minimum absolute atomic E-state index is 0.0543. The number of para-hydroxylation sites is 5. The Morgan fingerprint density at radius 1 is 0.366 bits per heavy atom. The first-order chi connectivity index (χ1) is 35.2. The van der Waals surface area contributed by atoms with E-state index in [1.807, 2.05) is 11.3 Å². The molecule has 71 heavy (non-hydrogen) atoms. The molecule has 0 bridgehead atoms. The Morgan fingerprint density at radius 3 is 1.77 bits per heavy atom. The summed E-state index contributed by atoms with van der Waals surface area (Å²) in [5, 5.41) is 7.31. The van der Waals surface area contributed by atoms with Gasteiger partial charge in [-0.2, -0.15) is 0 Å². The van der Waals surface area contributed by atoms with Crippen LogP contribution in [0.15, 0.2) is 241 Å². The van der Waals surface area contributed by atoms with E-state index in [2.05, 4.69) is 246 Å². The third-order valence-electron chi connectivity index (χ3n) is 15.4. The molecule has 0 aliphatic carbocycles. The number of hydrogen-bond acceptors (Lipinski definition) is 3. The highest BCUT2D eigenvalue weighted by Crippen LogP contribution is 2.51. The predicted octanol–water partition coefficient (Wildman–Crippen LogP) is 16.3. The zero-order valence-corrected chi connectivity index (χ0v) is 39.1. The molecule has 11 aromatic carbocycles. The Kier molecular flexibility index (Phi) is 8.13. The lowest BCUT2D eigenvalue weighted by Gasteiger charge is -2.42. The van der Waals surface area contributed by atoms with Gasteiger partial charge >= 0.3 is 0 Å². The highest BCUT2D eigenvalue weighted by molar-refractivity contribution is 7.26. The zero-order valence-electron chi connectivity index (χ0n) is 38.3. The molecule has 3 aromatic heterocycles. The molecule has 5 heteroatoms. The molecule has 2 aliphatic rings. The van der Waals surface area contributed by atoms with Crippen molar-refractivity contribution < 1.29 is 4.42 Å². The second-order valence-corrected chi connectivity index (χ2v) is 20.2. The molecule has 0 saturated carbocycles. The highest BCUT2D eigenvalue weighted by atomic mass is 32.1. The van der Waals surface area contributed by atoms with Crippen LogP contribution in [0.4, 0.5) is 17.1 Å². The van der Waals surface area contributed by atoms with Gasteiger partial charge in [0.15, 0.2) is 0 Å². The van der Waals surface area contributed by atoms with Gasteiger partial charge in [-0.1, -0.05) is 188 Å². The number of furan rings is 1. The first-order valence-electron chi connectivity index (χ1n) is 24.4. The van der Waals surface area contributed by atoms with Crippen molar-refractivity contribution in [1.82, 2.24) is 4.57 Å². The zero-order chi connectivity index (χ0) is 46.3. The van der Waals surface area contributed by atoms with Gasteiger partial charge in [0.25, 0.3) is 6.71 Å². The fraction of sp³-hybridized carbons (Fsp3) is 0. The topological polar surface area (TPSA) is 21.3 Å². The van der Waals surface area contributed by atoms with E-state index < -0.39 is 0 Å². The van der Waals surface area contributed by atoms with Gasteiger partial charge in [0.2, 0.25) is 0 Å². The number of anilines is 3. The van der Waals surface area contributed by atoms with Crippen molar-refractivity contribution in [3.05, 3.63) is 237 Å². The Labute approximate surface area is 413 Å². The standard InChI is InChI=1S/C66H39BN2OS/c1-4-17-40(18-5-1)43-33-34-61-52(35-43)53-38-57-55(39-62(53)71-61)67-54-30-16-28-50-48-23-10-12-31-56(48)68(65(50)54)58-36-44(47-27-15-29-51-49-24-11-13-32-60(49)70-66(47)51)37-59(63(58)67)69(57)64-45(41-19-6-2-7-20-41)25-14-26-46(64)42-21-8-3-9-22-42/h1-39H. The summed E-state index contributed by atoms with van der Waals surface area (Å²) < 4.78 is 12.0. The number of benzene rings is 11. The highest BCUT2D eigenvalue weighted by Gasteiger charge is 2.44. The average molecular weight is 919 g/mol. The molecule has 0 amide bonds. The largest absolute Gasteiger partial charge is 0.455 e. The molecular formula is C66H39BN2OS. The quantitative estimate of drug-likeness (QED) is 0.160. The van der Waals surface area contributed by atoms with Gasteiger partial charge < -0.3 is 13.9 Å². The van der Waals surface area contributed by atoms with Gasteiger partial charge in [-0.25, -0.2) is 0 Å². The number of nitrogens with zero attached hydrogens (tertiary/aromatic N) is 2. The van der Waals surface area contributed by atoms with Gasteiger partial charge in [0, 0.05) is 81.0 Å². The average Bonchev–Trinajstić information content (AvgIpc) is 4.12. The first kappa shape index (κ1) is 39.0. The van der Waals surface area contributed by atoms with E-state index in [-0.39, 0.29) is 6.71 Å². The van der Waals surface area contributed by atoms with Gasteiger partial charge in [-0.3, -0.25) is 0 Å². The van der Waals surface area contributed by atoms with Crippen LogP contribution < -0.4 is 21.3 Å². The van der Waals surface area contributed by atoms with E-state index >= 15 is 0 Å². The van der Waals surface area contributed by atoms with Crippen LogP contribution in [0.3, 0.4) is 0 Å². The summed E-state index contributed by atoms with van der Waals surface area (Å²) in [6.45, 7) is -0.0543. The second kappa shape index (κ2) is 14.8. The summed E-state index contributed by atoms with van der Waals surface area (Å²) in [7, 11) is 0. The van der Waals surface area contributed by atoms with Gasteiger partial charge in [0.05, 0.1) is 11.2 Å². The SMILES string of the molecule is c1ccc(-c2ccc3sc4cc5c(cc4c3c2)N(c2c(-c3ccccc3)cccc2-c2ccccc2)c2cc(-c3cccc4c3oc3ccccc34)cc3c2B5c2cccc4c5ccccc5n-3c24)cc1. The molecule has 0 spiro atoms. The van der Waals surface area contributed by atoms with E-state index in [4.69, 9.17) is 4.42 Å². The van der Waals surface area contributed by atoms with Crippen LogP contribution in [0.1, 0.15) is 0 Å². The van der Waals surface area contributed by atoms with E-state index in [1.165, 1.54) is 103 Å². The number of fused-ring (bicyclic) bond motifs is 13. The summed E-state index contributed by atoms with van der Waals surface area (Å²) in [6, 6.07) is 87.7. The van der Waals surface area contributed by atoms with Crippen molar-refractivity contribution in [2.45, 2.75) is 0 Å². The normalized spacial score (nSPS) is 12.7. The van der Waals surface area contributed by atoms with Crippen LogP contribution in [-0.4, -0.2) is 11.3 Å². The predicted molar refractivity (Wildman–Crippen MR) is 302 cm³/mol. The van der Waals surface area contributed by atoms with Crippen molar-refractivity contribution >= 4 is 115 Å². The number of thiophene rings is 1. The number of rotatable bonds is 5. The molecule has 3 nitrogen and oxygen atoms in total. The lowest BCUT2D eigenvalue weighted by molar-refractivity contribution is 0.670. The minimum atomic E-state index is -0.0543. The van der Waals surface area contributed by atoms with Crippen LogP contribution in [0, 0.1) is 0 Å². The molecule has 2 aliphatic heterocycles. The second-order valence-electron chi connectivity index (χ2n) is 19.1. The van der Waals surface area contributed by atoms with Crippen LogP contribution in [0.2, 0.25) is 0 Å². The van der Waals surface area contributed by atoms with Gasteiger partial charge in [0.1, 0.15) is 11.2 Å². The summed E-state index contributed by atoms with van der Waals surface area (Å²) in [6.07, 6.45) is 0. The Morgan fingerprint density at radius 2 is 0.986 bits per heavy atom. The monoisotopic (exact) mass is 918 g/mol. The molecule has 0 fully saturated rings. The molecule has 16 rings (SSSR count). The van der Waals surface area contributed by atoms with Crippen molar-refractivity contribution in [3.8, 4) is 50.2 Å². The fourth-order valence-electron chi connectivity index (χ4n) is 12.3. The molecule has 14 aromatic rings. The summed E-state index contributed by atoms with van der Waals surface area (Å²) in [5.74, 6) is 0. The van der Waals surface area contributed by atoms with Crippen LogP contribution in [-0.2, 0) is 0 Å². The van der Waals surface area contributed by atoms with E-state index in [0.29, 0.717) is 0 Å². The van der Waals surface area contributed by atoms with Crippen molar-refractivity contribution in [2.75, 3.05) is 4.90 Å². The Hall–Kier alpha value is -8.90. The third kappa shape index (κ3) is 5.55. The Bertz CT molecular complexity index is 4470. The molecule has 0 saturated heterocycles. The lowest BCUT2D eigenvalue weighted by Crippen LogP contribution is -2.60. The maximum Gasteiger partial charge on any atom is 0.252 e. The van der Waals surface area contributed by atoms with Crippen LogP contribution in [0.25, 0.3) is 114 Å². The van der Waals surface area contributed by atoms with E-state index in [1.54, 1.807) is 0 Å². The number of hydrogen-bond donors (Lipinski definition) is 0. The summed E-state index contributed by atoms with van der Waals surface area (Å²) >= 11 is 1.90. The van der Waals surface area contributed by atoms with E-state index in [9.17, 15) is 0 Å². The smallest absolute Gasteiger partial charge is 0.252 e. The van der Waals surface area contributed by atoms with Crippen LogP contribution in [0.5, 0.6) is 0 Å². The molecule has 5 heterocycles. The summed E-state index contributed by atoms with van der Waals surface area (Å²) in [4.78, 5) is 2.65. The summed E-state index contributed by atoms with van der Waals surface area (Å²) in [5.41, 5.74) is 22.2. The molecule has 0 atom stereocenters. The molecule has 0 radical (unpaired) electrons. The van der Waals surface area contributed by atoms with Crippen molar-refractivity contribution in [1.29, 1.82) is 0 Å². The molecule has 0 N–H and O–H groups in total. The van der Waals surface area contributed by atoms with Crippen LogP contribution >= 0.6 is 11.3 Å². The molecular weight excluding hydrogens is 880 g/mol. The number of aromatic nitrogens is 1. The molecule has 0 unspecified atom stereocenters. The first-order valence-corrected chi connectivity index (χ1v) is 25.3. The van der Waals surface area contributed by atoms with Gasteiger partial charge in [-0.15, -0.1) is 11.3 Å². The fourth-order valence-corrected chi connectivity index (χ4v) is 13.5. The maximum absolute atomic E-state index is 6.88. The van der Waals surface area contributed by atoms with E-state index in [0.717, 1.165) is 44.4 Å². The molecule has 328 valence electrons. The Balaban J connectivity index is 1.09. The minimum Gasteiger partial charge on any atom is -0.455 e. The third-order valence-corrected chi connectivity index (χ3v) is 16.5. The van der Waals surface area contributed by atoms with Gasteiger partial charge in [-0.05, 0) is 92.7 Å².